The minimum Gasteiger partial charge on any atom is -0.404 e. The second-order valence-electron chi connectivity index (χ2n) is 18.2. The van der Waals surface area contributed by atoms with Gasteiger partial charge < -0.3 is 19.0 Å². The molecule has 1 saturated heterocycles. The van der Waals surface area contributed by atoms with E-state index < -0.39 is 19.7 Å². The second-order valence-corrected chi connectivity index (χ2v) is 22.5. The Bertz CT molecular complexity index is 1600. The van der Waals surface area contributed by atoms with E-state index in [1.807, 2.05) is 24.4 Å². The van der Waals surface area contributed by atoms with Crippen molar-refractivity contribution in [2.75, 3.05) is 0 Å². The molecule has 1 aliphatic heterocycles. The minimum absolute atomic E-state index is 0.0118. The molecule has 262 valence electrons. The molecule has 0 spiro atoms. The van der Waals surface area contributed by atoms with Crippen LogP contribution in [0.25, 0.3) is 0 Å². The van der Waals surface area contributed by atoms with Gasteiger partial charge in [-0.05, 0) is 115 Å². The second kappa shape index (κ2) is 11.6. The zero-order valence-electron chi connectivity index (χ0n) is 30.7. The monoisotopic (exact) mass is 679 g/mol. The lowest BCUT2D eigenvalue weighted by Gasteiger charge is -2.64. The van der Waals surface area contributed by atoms with Crippen LogP contribution in [0, 0.1) is 34.5 Å². The number of benzene rings is 2. The number of hydrogen-bond acceptors (Lipinski definition) is 5. The lowest BCUT2D eigenvalue weighted by Crippen LogP contribution is -2.69. The maximum Gasteiger partial charge on any atom is 0.261 e. The van der Waals surface area contributed by atoms with Crippen molar-refractivity contribution < 1.29 is 19.0 Å². The highest BCUT2D eigenvalue weighted by Crippen LogP contribution is 2.71. The highest BCUT2D eigenvalue weighted by atomic mass is 28.4. The standard InChI is InChI=1S/C43H57NO4Si/c1-39(2,3)49(30-16-10-8-11-17-30,31-18-12-9-13-19-31)48-29-21-24-41(6)32-22-25-42(7)33(23-26-43(42,45)35-20-14-15-27-44-35)36(32)38-37(34(41)28-29)46-40(4,5)47-38/h8-20,27,29,32-34,36-38,45H,21-26,28H2,1-7H3/t29-,32-,33-,34+,36?,37+,38+,41+,42-,43+/m0/s1. The molecule has 0 radical (unpaired) electrons. The molecule has 6 heteroatoms. The summed E-state index contributed by atoms with van der Waals surface area (Å²) in [4.78, 5) is 4.72. The van der Waals surface area contributed by atoms with Crippen LogP contribution < -0.4 is 10.4 Å². The van der Waals surface area contributed by atoms with Crippen molar-refractivity contribution in [3.05, 3.63) is 90.8 Å². The van der Waals surface area contributed by atoms with E-state index in [9.17, 15) is 5.11 Å². The first-order chi connectivity index (χ1) is 23.2. The topological polar surface area (TPSA) is 60.8 Å². The SMILES string of the molecule is CC1(C)O[C@H]2[C@H](O1)C1[C@H](CC[C@@]3(C)[C@H]1CC[C@@]3(O)c1ccccn1)[C@@]1(C)CC[C@H](O[Si](c3ccccc3)(c3ccccc3)C(C)(C)C)C[C@H]21. The Balaban J connectivity index is 1.15. The van der Waals surface area contributed by atoms with Gasteiger partial charge in [-0.1, -0.05) is 101 Å². The van der Waals surface area contributed by atoms with Crippen molar-refractivity contribution in [2.45, 2.75) is 128 Å². The molecule has 1 unspecified atom stereocenters. The van der Waals surface area contributed by atoms with Gasteiger partial charge >= 0.3 is 0 Å². The Kier molecular flexibility index (Phi) is 7.98. The van der Waals surface area contributed by atoms with Gasteiger partial charge in [-0.3, -0.25) is 4.98 Å². The molecule has 5 fully saturated rings. The number of fused-ring (bicyclic) bond motifs is 8. The molecule has 4 aliphatic carbocycles. The van der Waals surface area contributed by atoms with Gasteiger partial charge in [0.15, 0.2) is 5.79 Å². The molecule has 5 aliphatic rings. The van der Waals surface area contributed by atoms with Gasteiger partial charge in [0.1, 0.15) is 5.60 Å². The van der Waals surface area contributed by atoms with Crippen molar-refractivity contribution in [1.29, 1.82) is 0 Å². The van der Waals surface area contributed by atoms with Crippen molar-refractivity contribution in [2.24, 2.45) is 34.5 Å². The fourth-order valence-corrected chi connectivity index (χ4v) is 17.0. The van der Waals surface area contributed by atoms with Crippen LogP contribution in [0.1, 0.15) is 99.1 Å². The fraction of sp³-hybridized carbons (Fsp3) is 0.605. The molecular formula is C43H57NO4Si. The Morgan fingerprint density at radius 1 is 0.735 bits per heavy atom. The Morgan fingerprint density at radius 2 is 1.35 bits per heavy atom. The van der Waals surface area contributed by atoms with Gasteiger partial charge in [0.25, 0.3) is 8.32 Å². The predicted molar refractivity (Wildman–Crippen MR) is 197 cm³/mol. The summed E-state index contributed by atoms with van der Waals surface area (Å²) in [5.41, 5.74) is -0.225. The van der Waals surface area contributed by atoms with E-state index in [0.717, 1.165) is 50.6 Å². The third-order valence-electron chi connectivity index (χ3n) is 14.5. The molecule has 8 rings (SSSR count). The number of aromatic nitrogens is 1. The van der Waals surface area contributed by atoms with E-state index in [-0.39, 0.29) is 34.2 Å². The summed E-state index contributed by atoms with van der Waals surface area (Å²) in [7, 11) is -2.70. The number of aliphatic hydroxyl groups is 1. The van der Waals surface area contributed by atoms with Crippen molar-refractivity contribution in [3.8, 4) is 0 Å². The average molecular weight is 680 g/mol. The fourth-order valence-electron chi connectivity index (χ4n) is 12.2. The highest BCUT2D eigenvalue weighted by molar-refractivity contribution is 6.99. The number of rotatable bonds is 5. The molecule has 2 heterocycles. The molecule has 2 aromatic carbocycles. The Labute approximate surface area is 295 Å². The maximum absolute atomic E-state index is 12.5. The molecular weight excluding hydrogens is 623 g/mol. The summed E-state index contributed by atoms with van der Waals surface area (Å²) < 4.78 is 21.9. The van der Waals surface area contributed by atoms with Crippen molar-refractivity contribution in [3.63, 3.8) is 0 Å². The number of hydrogen-bond donors (Lipinski definition) is 1. The predicted octanol–water partition coefficient (Wildman–Crippen LogP) is 8.00. The van der Waals surface area contributed by atoms with Crippen LogP contribution in [0.2, 0.25) is 5.04 Å². The summed E-state index contributed by atoms with van der Waals surface area (Å²) in [5, 5.41) is 15.1. The van der Waals surface area contributed by atoms with Crippen LogP contribution in [0.4, 0.5) is 0 Å². The van der Waals surface area contributed by atoms with Gasteiger partial charge in [-0.25, -0.2) is 0 Å². The van der Waals surface area contributed by atoms with Crippen LogP contribution >= 0.6 is 0 Å². The Morgan fingerprint density at radius 3 is 1.96 bits per heavy atom. The first-order valence-electron chi connectivity index (χ1n) is 19.0. The molecule has 0 amide bonds. The maximum atomic E-state index is 12.5. The van der Waals surface area contributed by atoms with E-state index >= 15 is 0 Å². The van der Waals surface area contributed by atoms with Gasteiger partial charge in [0.05, 0.1) is 17.9 Å². The smallest absolute Gasteiger partial charge is 0.261 e. The molecule has 5 nitrogen and oxygen atoms in total. The largest absolute Gasteiger partial charge is 0.404 e. The highest BCUT2D eigenvalue weighted by Gasteiger charge is 2.71. The van der Waals surface area contributed by atoms with E-state index in [0.29, 0.717) is 23.7 Å². The number of nitrogens with zero attached hydrogens (tertiary/aromatic N) is 1. The van der Waals surface area contributed by atoms with Crippen LogP contribution in [-0.4, -0.2) is 42.5 Å². The molecule has 0 bridgehead atoms. The summed E-state index contributed by atoms with van der Waals surface area (Å²) in [6.07, 6.45) is 9.05. The van der Waals surface area contributed by atoms with Crippen molar-refractivity contribution >= 4 is 18.7 Å². The van der Waals surface area contributed by atoms with E-state index in [1.165, 1.54) is 10.4 Å². The minimum atomic E-state index is -2.70. The van der Waals surface area contributed by atoms with Crippen molar-refractivity contribution in [1.82, 2.24) is 4.98 Å². The first-order valence-corrected chi connectivity index (χ1v) is 20.9. The van der Waals surface area contributed by atoms with Gasteiger partial charge in [0, 0.05) is 17.7 Å². The summed E-state index contributed by atoms with van der Waals surface area (Å²) in [6.45, 7) is 16.3. The summed E-state index contributed by atoms with van der Waals surface area (Å²) in [5.74, 6) is 0.929. The summed E-state index contributed by atoms with van der Waals surface area (Å²) in [6, 6.07) is 28.2. The lowest BCUT2D eigenvalue weighted by molar-refractivity contribution is -0.205. The molecule has 3 aromatic rings. The zero-order chi connectivity index (χ0) is 34.5. The molecule has 10 atom stereocenters. The third kappa shape index (κ3) is 4.94. The van der Waals surface area contributed by atoms with Crippen LogP contribution in [0.15, 0.2) is 85.1 Å². The quantitative estimate of drug-likeness (QED) is 0.277. The third-order valence-corrected chi connectivity index (χ3v) is 19.6. The molecule has 49 heavy (non-hydrogen) atoms. The molecule has 1 aromatic heterocycles. The summed E-state index contributed by atoms with van der Waals surface area (Å²) >= 11 is 0. The van der Waals surface area contributed by atoms with Gasteiger partial charge in [-0.15, -0.1) is 0 Å². The Hall–Kier alpha value is -2.35. The van der Waals surface area contributed by atoms with Gasteiger partial charge in [0.2, 0.25) is 0 Å². The van der Waals surface area contributed by atoms with E-state index in [4.69, 9.17) is 18.9 Å². The lowest BCUT2D eigenvalue weighted by atomic mass is 9.43. The van der Waals surface area contributed by atoms with Gasteiger partial charge in [-0.2, -0.15) is 0 Å². The molecule has 1 N–H and O–H groups in total. The average Bonchev–Trinajstić information content (AvgIpc) is 3.56. The number of ether oxygens (including phenoxy) is 2. The molecule has 4 saturated carbocycles. The number of pyridine rings is 1. The zero-order valence-corrected chi connectivity index (χ0v) is 31.7. The van der Waals surface area contributed by atoms with E-state index in [2.05, 4.69) is 109 Å². The normalized spacial score (nSPS) is 39.8. The first kappa shape index (κ1) is 33.8. The van der Waals surface area contributed by atoms with Crippen LogP contribution in [-0.2, 0) is 19.5 Å². The van der Waals surface area contributed by atoms with E-state index in [1.54, 1.807) is 0 Å². The van der Waals surface area contributed by atoms with Crippen LogP contribution in [0.5, 0.6) is 0 Å². The van der Waals surface area contributed by atoms with Crippen LogP contribution in [0.3, 0.4) is 0 Å².